The summed E-state index contributed by atoms with van der Waals surface area (Å²) in [4.78, 5) is 29.3. The lowest BCUT2D eigenvalue weighted by atomic mass is 10.1. The monoisotopic (exact) mass is 431 g/mol. The average Bonchev–Trinajstić information content (AvgIpc) is 3.22. The first-order valence-electron chi connectivity index (χ1n) is 11.0. The zero-order chi connectivity index (χ0) is 22.5. The Hall–Kier alpha value is -3.54. The molecule has 4 rings (SSSR count). The summed E-state index contributed by atoms with van der Waals surface area (Å²) in [5.41, 5.74) is 3.87. The molecule has 1 aliphatic heterocycles. The largest absolute Gasteiger partial charge is 0.484 e. The average molecular weight is 432 g/mol. The Labute approximate surface area is 189 Å². The summed E-state index contributed by atoms with van der Waals surface area (Å²) in [6, 6.07) is 17.5. The Kier molecular flexibility index (Phi) is 6.59. The van der Waals surface area contributed by atoms with Crippen LogP contribution in [0.1, 0.15) is 27.9 Å². The van der Waals surface area contributed by atoms with Crippen LogP contribution in [0.4, 0.5) is 0 Å². The molecule has 0 atom stereocenters. The van der Waals surface area contributed by atoms with E-state index in [9.17, 15) is 9.59 Å². The molecule has 166 valence electrons. The van der Waals surface area contributed by atoms with E-state index in [2.05, 4.69) is 0 Å². The highest BCUT2D eigenvalue weighted by Crippen LogP contribution is 2.19. The van der Waals surface area contributed by atoms with Gasteiger partial charge in [-0.05, 0) is 68.3 Å². The third-order valence-corrected chi connectivity index (χ3v) is 5.83. The summed E-state index contributed by atoms with van der Waals surface area (Å²) in [7, 11) is 0. The molecule has 2 amide bonds. The van der Waals surface area contributed by atoms with Gasteiger partial charge in [0.15, 0.2) is 6.61 Å². The summed E-state index contributed by atoms with van der Waals surface area (Å²) < 4.78 is 7.76. The Bertz CT molecular complexity index is 1070. The van der Waals surface area contributed by atoms with Crippen molar-refractivity contribution in [2.24, 2.45) is 0 Å². The van der Waals surface area contributed by atoms with Gasteiger partial charge in [-0.25, -0.2) is 0 Å². The van der Waals surface area contributed by atoms with Crippen LogP contribution >= 0.6 is 0 Å². The molecular formula is C26H29N3O3. The number of ether oxygens (including phenoxy) is 1. The quantitative estimate of drug-likeness (QED) is 0.617. The lowest BCUT2D eigenvalue weighted by Crippen LogP contribution is -2.39. The van der Waals surface area contributed by atoms with Crippen LogP contribution in [0.3, 0.4) is 0 Å². The Morgan fingerprint density at radius 2 is 1.56 bits per heavy atom. The zero-order valence-electron chi connectivity index (χ0n) is 18.7. The number of nitrogens with zero attached hydrogens (tertiary/aromatic N) is 3. The fourth-order valence-electron chi connectivity index (χ4n) is 4.03. The molecule has 0 spiro atoms. The highest BCUT2D eigenvalue weighted by Gasteiger charge is 2.23. The normalized spacial score (nSPS) is 14.2. The highest BCUT2D eigenvalue weighted by molar-refractivity contribution is 5.94. The van der Waals surface area contributed by atoms with Crippen LogP contribution in [-0.4, -0.2) is 59.0 Å². The van der Waals surface area contributed by atoms with Gasteiger partial charge < -0.3 is 19.1 Å². The van der Waals surface area contributed by atoms with E-state index in [4.69, 9.17) is 4.74 Å². The van der Waals surface area contributed by atoms with Crippen molar-refractivity contribution in [1.29, 1.82) is 0 Å². The molecule has 0 saturated carbocycles. The van der Waals surface area contributed by atoms with E-state index < -0.39 is 0 Å². The minimum absolute atomic E-state index is 0.00452. The fourth-order valence-corrected chi connectivity index (χ4v) is 4.03. The van der Waals surface area contributed by atoms with Crippen molar-refractivity contribution < 1.29 is 14.3 Å². The molecule has 1 aliphatic rings. The van der Waals surface area contributed by atoms with Gasteiger partial charge in [0.05, 0.1) is 0 Å². The zero-order valence-corrected chi connectivity index (χ0v) is 18.7. The summed E-state index contributed by atoms with van der Waals surface area (Å²) in [6.07, 6.45) is 4.70. The molecule has 1 saturated heterocycles. The minimum atomic E-state index is -0.0460. The van der Waals surface area contributed by atoms with E-state index in [1.165, 1.54) is 0 Å². The number of hydrogen-bond acceptors (Lipinski definition) is 3. The molecular weight excluding hydrogens is 402 g/mol. The number of amides is 2. The molecule has 1 aromatic heterocycles. The lowest BCUT2D eigenvalue weighted by molar-refractivity contribution is -0.133. The number of benzene rings is 2. The topological polar surface area (TPSA) is 54.8 Å². The van der Waals surface area contributed by atoms with E-state index in [0.29, 0.717) is 31.7 Å². The van der Waals surface area contributed by atoms with Crippen molar-refractivity contribution in [1.82, 2.24) is 14.4 Å². The Balaban J connectivity index is 1.32. The molecule has 0 radical (unpaired) electrons. The van der Waals surface area contributed by atoms with Crippen LogP contribution in [0.2, 0.25) is 0 Å². The number of carbonyl (C=O) groups excluding carboxylic acids is 2. The maximum Gasteiger partial charge on any atom is 0.260 e. The molecule has 6 heteroatoms. The van der Waals surface area contributed by atoms with Crippen molar-refractivity contribution in [2.75, 3.05) is 32.8 Å². The van der Waals surface area contributed by atoms with Gasteiger partial charge in [-0.1, -0.05) is 17.7 Å². The van der Waals surface area contributed by atoms with Crippen LogP contribution in [0.25, 0.3) is 5.69 Å². The van der Waals surface area contributed by atoms with Gasteiger partial charge in [-0.15, -0.1) is 0 Å². The Morgan fingerprint density at radius 3 is 2.28 bits per heavy atom. The second-order valence-corrected chi connectivity index (χ2v) is 8.22. The molecule has 0 N–H and O–H groups in total. The lowest BCUT2D eigenvalue weighted by Gasteiger charge is -2.22. The third kappa shape index (κ3) is 5.02. The smallest absolute Gasteiger partial charge is 0.260 e. The van der Waals surface area contributed by atoms with Crippen LogP contribution < -0.4 is 4.74 Å². The Morgan fingerprint density at radius 1 is 0.875 bits per heavy atom. The van der Waals surface area contributed by atoms with Crippen LogP contribution in [0, 0.1) is 13.8 Å². The van der Waals surface area contributed by atoms with E-state index in [-0.39, 0.29) is 18.4 Å². The SMILES string of the molecule is Cc1ccc(OCC(=O)N2CCCN(C(=O)c3ccc(-n4cccc4)cc3)CC2)c(C)c1. The molecule has 0 unspecified atom stereocenters. The first-order valence-corrected chi connectivity index (χ1v) is 11.0. The summed E-state index contributed by atoms with van der Waals surface area (Å²) in [5.74, 6) is 0.694. The summed E-state index contributed by atoms with van der Waals surface area (Å²) in [6.45, 7) is 6.33. The summed E-state index contributed by atoms with van der Waals surface area (Å²) >= 11 is 0. The van der Waals surface area contributed by atoms with E-state index in [0.717, 1.165) is 29.0 Å². The molecule has 0 bridgehead atoms. The molecule has 32 heavy (non-hydrogen) atoms. The van der Waals surface area contributed by atoms with Gasteiger partial charge in [0.2, 0.25) is 0 Å². The standard InChI is InChI=1S/C26H29N3O3/c1-20-6-11-24(21(2)18-20)32-19-25(30)28-14-5-15-29(17-16-28)26(31)22-7-9-23(10-8-22)27-12-3-4-13-27/h3-4,6-13,18H,5,14-17,19H2,1-2H3. The number of carbonyl (C=O) groups is 2. The van der Waals surface area contributed by atoms with Crippen molar-refractivity contribution in [3.05, 3.63) is 83.7 Å². The second kappa shape index (κ2) is 9.73. The van der Waals surface area contributed by atoms with Gasteiger partial charge in [-0.3, -0.25) is 9.59 Å². The fraction of sp³-hybridized carbons (Fsp3) is 0.308. The van der Waals surface area contributed by atoms with E-state index in [1.807, 2.05) is 90.3 Å². The van der Waals surface area contributed by atoms with Crippen molar-refractivity contribution in [3.8, 4) is 11.4 Å². The minimum Gasteiger partial charge on any atom is -0.484 e. The third-order valence-electron chi connectivity index (χ3n) is 5.83. The van der Waals surface area contributed by atoms with Gasteiger partial charge in [0.25, 0.3) is 11.8 Å². The first kappa shape index (κ1) is 21.7. The molecule has 2 heterocycles. The van der Waals surface area contributed by atoms with Crippen molar-refractivity contribution >= 4 is 11.8 Å². The van der Waals surface area contributed by atoms with Gasteiger partial charge >= 0.3 is 0 Å². The van der Waals surface area contributed by atoms with E-state index in [1.54, 1.807) is 4.90 Å². The van der Waals surface area contributed by atoms with Crippen LogP contribution in [0.5, 0.6) is 5.75 Å². The maximum absolute atomic E-state index is 13.0. The molecule has 6 nitrogen and oxygen atoms in total. The van der Waals surface area contributed by atoms with Crippen molar-refractivity contribution in [3.63, 3.8) is 0 Å². The molecule has 0 aliphatic carbocycles. The van der Waals surface area contributed by atoms with Crippen LogP contribution in [-0.2, 0) is 4.79 Å². The second-order valence-electron chi connectivity index (χ2n) is 8.22. The molecule has 2 aromatic carbocycles. The van der Waals surface area contributed by atoms with Gasteiger partial charge in [0.1, 0.15) is 5.75 Å². The number of aryl methyl sites for hydroxylation is 2. The summed E-state index contributed by atoms with van der Waals surface area (Å²) in [5, 5.41) is 0. The highest BCUT2D eigenvalue weighted by atomic mass is 16.5. The van der Waals surface area contributed by atoms with Gasteiger partial charge in [-0.2, -0.15) is 0 Å². The number of aromatic nitrogens is 1. The first-order chi connectivity index (χ1) is 15.5. The predicted molar refractivity (Wildman–Crippen MR) is 124 cm³/mol. The predicted octanol–water partition coefficient (Wildman–Crippen LogP) is 3.85. The van der Waals surface area contributed by atoms with E-state index >= 15 is 0 Å². The van der Waals surface area contributed by atoms with Gasteiger partial charge in [0, 0.05) is 49.8 Å². The molecule has 1 fully saturated rings. The van der Waals surface area contributed by atoms with Crippen LogP contribution in [0.15, 0.2) is 67.0 Å². The number of hydrogen-bond donors (Lipinski definition) is 0. The number of rotatable bonds is 5. The maximum atomic E-state index is 13.0. The molecule has 3 aromatic rings. The van der Waals surface area contributed by atoms with Crippen molar-refractivity contribution in [2.45, 2.75) is 20.3 Å².